The van der Waals surface area contributed by atoms with Crippen molar-refractivity contribution in [3.63, 3.8) is 0 Å². The zero-order valence-corrected chi connectivity index (χ0v) is 21.8. The number of esters is 1. The maximum absolute atomic E-state index is 12.8. The summed E-state index contributed by atoms with van der Waals surface area (Å²) in [6, 6.07) is 10.6. The zero-order chi connectivity index (χ0) is 26.5. The van der Waals surface area contributed by atoms with E-state index in [1.54, 1.807) is 13.1 Å². The van der Waals surface area contributed by atoms with E-state index in [0.29, 0.717) is 36.0 Å². The molecule has 0 saturated carbocycles. The van der Waals surface area contributed by atoms with Gasteiger partial charge < -0.3 is 14.2 Å². The molecule has 0 radical (unpaired) electrons. The molecule has 1 heterocycles. The van der Waals surface area contributed by atoms with E-state index in [4.69, 9.17) is 14.2 Å². The number of halogens is 3. The first-order valence-corrected chi connectivity index (χ1v) is 12.5. The molecule has 194 valence electrons. The molecular formula is C27H30F3NO4S. The lowest BCUT2D eigenvalue weighted by Crippen LogP contribution is -2.29. The minimum absolute atomic E-state index is 0.293. The summed E-state index contributed by atoms with van der Waals surface area (Å²) >= 11 is 1.37. The Labute approximate surface area is 213 Å². The van der Waals surface area contributed by atoms with Crippen LogP contribution in [0.4, 0.5) is 13.2 Å². The van der Waals surface area contributed by atoms with Gasteiger partial charge in [-0.05, 0) is 70.0 Å². The van der Waals surface area contributed by atoms with E-state index in [0.717, 1.165) is 28.1 Å². The van der Waals surface area contributed by atoms with Crippen LogP contribution in [0.1, 0.15) is 49.3 Å². The molecule has 1 unspecified atom stereocenters. The molecule has 2 aromatic carbocycles. The molecular weight excluding hydrogens is 491 g/mol. The number of thiazole rings is 1. The van der Waals surface area contributed by atoms with E-state index < -0.39 is 23.4 Å². The molecule has 0 amide bonds. The molecule has 0 N–H and O–H groups in total. The van der Waals surface area contributed by atoms with E-state index in [2.05, 4.69) is 4.98 Å². The summed E-state index contributed by atoms with van der Waals surface area (Å²) in [5.74, 6) is 0.268. The Kier molecular flexibility index (Phi) is 8.79. The number of aromatic nitrogens is 1. The number of alkyl halides is 3. The number of nitrogens with zero attached hydrogens (tertiary/aromatic N) is 1. The summed E-state index contributed by atoms with van der Waals surface area (Å²) in [5, 5.41) is 0.614. The van der Waals surface area contributed by atoms with Crippen LogP contribution in [0.3, 0.4) is 0 Å². The van der Waals surface area contributed by atoms with E-state index in [-0.39, 0.29) is 5.97 Å². The Bertz CT molecular complexity index is 1170. The Balaban J connectivity index is 1.73. The van der Waals surface area contributed by atoms with Gasteiger partial charge in [0.15, 0.2) is 6.10 Å². The molecule has 1 atom stereocenters. The molecule has 3 aromatic rings. The molecule has 0 spiro atoms. The second-order valence-corrected chi connectivity index (χ2v) is 9.74. The largest absolute Gasteiger partial charge is 0.482 e. The minimum atomic E-state index is -4.38. The minimum Gasteiger partial charge on any atom is -0.482 e. The van der Waals surface area contributed by atoms with E-state index in [1.807, 2.05) is 45.9 Å². The van der Waals surface area contributed by atoms with Gasteiger partial charge in [0.2, 0.25) is 0 Å². The molecule has 36 heavy (non-hydrogen) atoms. The maximum Gasteiger partial charge on any atom is 0.416 e. The first kappa shape index (κ1) is 27.7. The first-order chi connectivity index (χ1) is 16.9. The summed E-state index contributed by atoms with van der Waals surface area (Å²) in [6.45, 7) is 10.1. The van der Waals surface area contributed by atoms with Gasteiger partial charge in [0.1, 0.15) is 16.4 Å². The lowest BCUT2D eigenvalue weighted by molar-refractivity contribution is -0.156. The standard InChI is InChI=1S/C27H30F3NO4S/c1-6-33-22(25(32)34-7-2)15-19-10-13-21(14-17(19)3)35-26(4,5)23-16-31-24(36-23)18-8-11-20(12-9-18)27(28,29)30/h8-14,16,22H,6-7,15H2,1-5H3. The van der Waals surface area contributed by atoms with Crippen LogP contribution < -0.4 is 4.74 Å². The highest BCUT2D eigenvalue weighted by atomic mass is 32.1. The fourth-order valence-electron chi connectivity index (χ4n) is 3.64. The fraction of sp³-hybridized carbons (Fsp3) is 0.407. The summed E-state index contributed by atoms with van der Waals surface area (Å²) in [7, 11) is 0. The van der Waals surface area contributed by atoms with Crippen molar-refractivity contribution in [3.05, 3.63) is 70.2 Å². The van der Waals surface area contributed by atoms with Crippen LogP contribution in [0.2, 0.25) is 0 Å². The summed E-state index contributed by atoms with van der Waals surface area (Å²) in [4.78, 5) is 17.4. The lowest BCUT2D eigenvalue weighted by atomic mass is 10.0. The topological polar surface area (TPSA) is 57.7 Å². The smallest absolute Gasteiger partial charge is 0.416 e. The predicted octanol–water partition coefficient (Wildman–Crippen LogP) is 6.96. The van der Waals surface area contributed by atoms with Crippen molar-refractivity contribution in [2.75, 3.05) is 13.2 Å². The molecule has 0 fully saturated rings. The quantitative estimate of drug-likeness (QED) is 0.270. The molecule has 5 nitrogen and oxygen atoms in total. The number of hydrogen-bond donors (Lipinski definition) is 0. The summed E-state index contributed by atoms with van der Waals surface area (Å²) < 4.78 is 55.5. The van der Waals surface area contributed by atoms with Crippen molar-refractivity contribution in [2.45, 2.75) is 58.9 Å². The normalized spacial score (nSPS) is 12.9. The molecule has 3 rings (SSSR count). The lowest BCUT2D eigenvalue weighted by Gasteiger charge is -2.25. The van der Waals surface area contributed by atoms with Gasteiger partial charge in [-0.1, -0.05) is 18.2 Å². The first-order valence-electron chi connectivity index (χ1n) is 11.6. The average Bonchev–Trinajstić information content (AvgIpc) is 3.31. The maximum atomic E-state index is 12.8. The van der Waals surface area contributed by atoms with Crippen molar-refractivity contribution in [3.8, 4) is 16.3 Å². The highest BCUT2D eigenvalue weighted by Gasteiger charge is 2.30. The number of carbonyl (C=O) groups excluding carboxylic acids is 1. The molecule has 0 aliphatic carbocycles. The van der Waals surface area contributed by atoms with Crippen LogP contribution in [0.5, 0.6) is 5.75 Å². The fourth-order valence-corrected chi connectivity index (χ4v) is 4.60. The summed E-state index contributed by atoms with van der Waals surface area (Å²) in [5.41, 5.74) is 1.09. The molecule has 9 heteroatoms. The van der Waals surface area contributed by atoms with Crippen LogP contribution in [-0.4, -0.2) is 30.3 Å². The van der Waals surface area contributed by atoms with Gasteiger partial charge >= 0.3 is 12.1 Å². The number of rotatable bonds is 10. The van der Waals surface area contributed by atoms with Gasteiger partial charge in [0.05, 0.1) is 17.0 Å². The van der Waals surface area contributed by atoms with Crippen molar-refractivity contribution in [1.82, 2.24) is 4.98 Å². The van der Waals surface area contributed by atoms with Crippen molar-refractivity contribution in [2.24, 2.45) is 0 Å². The Hall–Kier alpha value is -2.91. The van der Waals surface area contributed by atoms with E-state index in [9.17, 15) is 18.0 Å². The van der Waals surface area contributed by atoms with Gasteiger partial charge in [0.25, 0.3) is 0 Å². The second kappa shape index (κ2) is 11.4. The van der Waals surface area contributed by atoms with Crippen molar-refractivity contribution in [1.29, 1.82) is 0 Å². The van der Waals surface area contributed by atoms with Gasteiger partial charge in [-0.25, -0.2) is 9.78 Å². The number of carbonyl (C=O) groups is 1. The number of hydrogen-bond acceptors (Lipinski definition) is 6. The molecule has 0 saturated heterocycles. The van der Waals surface area contributed by atoms with Gasteiger partial charge in [0, 0.05) is 24.8 Å². The molecule has 1 aromatic heterocycles. The van der Waals surface area contributed by atoms with Gasteiger partial charge in [-0.15, -0.1) is 11.3 Å². The number of aryl methyl sites for hydroxylation is 1. The highest BCUT2D eigenvalue weighted by Crippen LogP contribution is 2.37. The highest BCUT2D eigenvalue weighted by molar-refractivity contribution is 7.15. The average molecular weight is 522 g/mol. The Morgan fingerprint density at radius 3 is 2.33 bits per heavy atom. The van der Waals surface area contributed by atoms with Crippen molar-refractivity contribution >= 4 is 17.3 Å². The third kappa shape index (κ3) is 6.85. The summed E-state index contributed by atoms with van der Waals surface area (Å²) in [6.07, 6.45) is -2.96. The van der Waals surface area contributed by atoms with E-state index >= 15 is 0 Å². The molecule has 0 aliphatic rings. The van der Waals surface area contributed by atoms with Crippen LogP contribution >= 0.6 is 11.3 Å². The number of ether oxygens (including phenoxy) is 3. The predicted molar refractivity (Wildman–Crippen MR) is 133 cm³/mol. The second-order valence-electron chi connectivity index (χ2n) is 8.71. The zero-order valence-electron chi connectivity index (χ0n) is 20.9. The van der Waals surface area contributed by atoms with Crippen molar-refractivity contribution < 1.29 is 32.2 Å². The third-order valence-electron chi connectivity index (χ3n) is 5.57. The molecule has 0 bridgehead atoms. The SMILES string of the molecule is CCOC(=O)C(Cc1ccc(OC(C)(C)c2cnc(-c3ccc(C(F)(F)F)cc3)s2)cc1C)OCC. The molecule has 0 aliphatic heterocycles. The van der Waals surface area contributed by atoms with Gasteiger partial charge in [-0.2, -0.15) is 13.2 Å². The Morgan fingerprint density at radius 2 is 1.75 bits per heavy atom. The van der Waals surface area contributed by atoms with Crippen LogP contribution in [-0.2, 0) is 32.5 Å². The Morgan fingerprint density at radius 1 is 1.06 bits per heavy atom. The van der Waals surface area contributed by atoms with Crippen LogP contribution in [0.15, 0.2) is 48.7 Å². The van der Waals surface area contributed by atoms with E-state index in [1.165, 1.54) is 23.5 Å². The van der Waals surface area contributed by atoms with Gasteiger partial charge in [-0.3, -0.25) is 0 Å². The van der Waals surface area contributed by atoms with Crippen LogP contribution in [0.25, 0.3) is 10.6 Å². The van der Waals surface area contributed by atoms with Crippen LogP contribution in [0, 0.1) is 6.92 Å². The monoisotopic (exact) mass is 521 g/mol. The third-order valence-corrected chi connectivity index (χ3v) is 6.92. The number of benzene rings is 2.